The molecule has 0 unspecified atom stereocenters. The van der Waals surface area contributed by atoms with Crippen molar-refractivity contribution in [1.29, 1.82) is 0 Å². The maximum Gasteiger partial charge on any atom is 1.00 e. The molecule has 0 spiro atoms. The van der Waals surface area contributed by atoms with Crippen LogP contribution in [0, 0.1) is 0 Å². The van der Waals surface area contributed by atoms with Crippen molar-refractivity contribution in [1.82, 2.24) is 0 Å². The first-order valence-corrected chi connectivity index (χ1v) is 10.4. The fraction of sp³-hybridized carbons (Fsp3) is 0.400. The van der Waals surface area contributed by atoms with E-state index in [-0.39, 0.29) is 51.7 Å². The molecule has 0 saturated carbocycles. The molecule has 2 aromatic carbocycles. The van der Waals surface area contributed by atoms with Crippen LogP contribution >= 0.6 is 0 Å². The third-order valence-corrected chi connectivity index (χ3v) is 5.03. The number of hydrogen-bond acceptors (Lipinski definition) is 4. The number of unbranched alkanes of at least 4 members (excludes halogenated alkanes) is 5. The van der Waals surface area contributed by atoms with E-state index in [0.29, 0.717) is 0 Å². The molecule has 1 N–H and O–H groups in total. The van der Waals surface area contributed by atoms with Gasteiger partial charge in [-0.3, -0.25) is 4.55 Å². The summed E-state index contributed by atoms with van der Waals surface area (Å²) in [6.07, 6.45) is 7.81. The number of benzene rings is 2. The molecular formula is C20H25NaO5S. The first-order valence-electron chi connectivity index (χ1n) is 8.95. The molecule has 0 atom stereocenters. The van der Waals surface area contributed by atoms with Crippen LogP contribution in [0.4, 0.5) is 0 Å². The molecule has 5 nitrogen and oxygen atoms in total. The van der Waals surface area contributed by atoms with Crippen LogP contribution in [0.15, 0.2) is 47.4 Å². The average molecular weight is 400 g/mol. The Morgan fingerprint density at radius 2 is 1.70 bits per heavy atom. The Balaban J connectivity index is 0.00000364. The van der Waals surface area contributed by atoms with Gasteiger partial charge in [0.05, 0.1) is 0 Å². The predicted molar refractivity (Wildman–Crippen MR) is 99.3 cm³/mol. The smallest absolute Gasteiger partial charge is 0.872 e. The molecule has 0 heterocycles. The van der Waals surface area contributed by atoms with E-state index in [1.165, 1.54) is 49.9 Å². The molecular weight excluding hydrogens is 375 g/mol. The van der Waals surface area contributed by atoms with Crippen LogP contribution in [-0.2, 0) is 16.5 Å². The zero-order valence-electron chi connectivity index (χ0n) is 16.0. The van der Waals surface area contributed by atoms with Crippen molar-refractivity contribution in [2.24, 2.45) is 0 Å². The second-order valence-corrected chi connectivity index (χ2v) is 7.74. The molecule has 0 aromatic heterocycles. The molecule has 0 aliphatic heterocycles. The van der Waals surface area contributed by atoms with Gasteiger partial charge in [0.1, 0.15) is 16.4 Å². The van der Waals surface area contributed by atoms with E-state index in [9.17, 15) is 18.1 Å². The second kappa shape index (κ2) is 11.7. The fourth-order valence-corrected chi connectivity index (χ4v) is 3.37. The number of ether oxygens (including phenoxy) is 1. The largest absolute Gasteiger partial charge is 1.00 e. The van der Waals surface area contributed by atoms with E-state index in [1.807, 2.05) is 0 Å². The topological polar surface area (TPSA) is 86.7 Å². The van der Waals surface area contributed by atoms with Crippen molar-refractivity contribution in [3.05, 3.63) is 48.0 Å². The van der Waals surface area contributed by atoms with Crippen LogP contribution in [0.3, 0.4) is 0 Å². The van der Waals surface area contributed by atoms with Crippen LogP contribution in [0.1, 0.15) is 51.0 Å². The van der Waals surface area contributed by atoms with Gasteiger partial charge in [-0.25, -0.2) is 0 Å². The summed E-state index contributed by atoms with van der Waals surface area (Å²) in [5.74, 6) is 0.0276. The third-order valence-electron chi connectivity index (χ3n) is 4.14. The van der Waals surface area contributed by atoms with Gasteiger partial charge in [0.25, 0.3) is 10.1 Å². The summed E-state index contributed by atoms with van der Waals surface area (Å²) in [6.45, 7) is 2.18. The molecule has 7 heteroatoms. The molecule has 0 radical (unpaired) electrons. The summed E-state index contributed by atoms with van der Waals surface area (Å²) in [5.41, 5.74) is 0.932. The number of hydrogen-bond donors (Lipinski definition) is 1. The summed E-state index contributed by atoms with van der Waals surface area (Å²) >= 11 is 0. The summed E-state index contributed by atoms with van der Waals surface area (Å²) in [7, 11) is -4.42. The van der Waals surface area contributed by atoms with Gasteiger partial charge in [-0.05, 0) is 42.7 Å². The Morgan fingerprint density at radius 1 is 1.00 bits per heavy atom. The Kier molecular flexibility index (Phi) is 10.4. The molecule has 0 saturated heterocycles. The first kappa shape index (κ1) is 24.0. The maximum absolute atomic E-state index is 11.6. The van der Waals surface area contributed by atoms with E-state index >= 15 is 0 Å². The predicted octanol–water partition coefficient (Wildman–Crippen LogP) is 1.71. The molecule has 0 fully saturated rings. The molecule has 2 rings (SSSR count). The Morgan fingerprint density at radius 3 is 2.37 bits per heavy atom. The maximum atomic E-state index is 11.6. The molecule has 0 aliphatic rings. The van der Waals surface area contributed by atoms with Crippen molar-refractivity contribution in [3.63, 3.8) is 0 Å². The van der Waals surface area contributed by atoms with Gasteiger partial charge in [0.2, 0.25) is 0 Å². The molecule has 2 aromatic rings. The zero-order chi connectivity index (χ0) is 19.0. The molecule has 142 valence electrons. The monoisotopic (exact) mass is 400 g/mol. The van der Waals surface area contributed by atoms with Crippen molar-refractivity contribution in [3.8, 4) is 17.2 Å². The summed E-state index contributed by atoms with van der Waals surface area (Å²) in [5, 5.41) is 11.4. The van der Waals surface area contributed by atoms with Crippen LogP contribution in [0.25, 0.3) is 0 Å². The number of rotatable bonds is 10. The minimum absolute atomic E-state index is 0. The van der Waals surface area contributed by atoms with E-state index in [2.05, 4.69) is 6.92 Å². The average Bonchev–Trinajstić information content (AvgIpc) is 2.57. The van der Waals surface area contributed by atoms with Crippen molar-refractivity contribution in [2.45, 2.75) is 56.8 Å². The minimum atomic E-state index is -4.42. The second-order valence-electron chi connectivity index (χ2n) is 6.35. The SMILES string of the molecule is CCCCCCCCc1ccc(S(=O)(=O)O)c(Oc2cccc([O-])c2)c1.[Na+]. The summed E-state index contributed by atoms with van der Waals surface area (Å²) in [4.78, 5) is -0.305. The van der Waals surface area contributed by atoms with E-state index in [4.69, 9.17) is 4.74 Å². The summed E-state index contributed by atoms with van der Waals surface area (Å²) in [6, 6.07) is 10.4. The molecule has 0 bridgehead atoms. The number of aryl methyl sites for hydroxylation is 1. The Bertz CT molecular complexity index is 821. The van der Waals surface area contributed by atoms with E-state index in [1.54, 1.807) is 18.2 Å². The Labute approximate surface area is 183 Å². The Hall–Kier alpha value is -1.05. The van der Waals surface area contributed by atoms with Gasteiger partial charge in [-0.15, -0.1) is 5.75 Å². The van der Waals surface area contributed by atoms with Crippen molar-refractivity contribution >= 4 is 10.1 Å². The van der Waals surface area contributed by atoms with Gasteiger partial charge in [0, 0.05) is 0 Å². The van der Waals surface area contributed by atoms with Gasteiger partial charge >= 0.3 is 29.6 Å². The van der Waals surface area contributed by atoms with Crippen LogP contribution in [0.5, 0.6) is 17.2 Å². The minimum Gasteiger partial charge on any atom is -0.872 e. The molecule has 0 aliphatic carbocycles. The van der Waals surface area contributed by atoms with E-state index < -0.39 is 10.1 Å². The van der Waals surface area contributed by atoms with E-state index in [0.717, 1.165) is 24.8 Å². The van der Waals surface area contributed by atoms with Gasteiger partial charge < -0.3 is 9.84 Å². The summed E-state index contributed by atoms with van der Waals surface area (Å²) < 4.78 is 38.2. The normalized spacial score (nSPS) is 11.0. The van der Waals surface area contributed by atoms with Crippen LogP contribution in [-0.4, -0.2) is 13.0 Å². The fourth-order valence-electron chi connectivity index (χ4n) is 2.77. The van der Waals surface area contributed by atoms with Crippen molar-refractivity contribution in [2.75, 3.05) is 0 Å². The van der Waals surface area contributed by atoms with Gasteiger partial charge in [0.15, 0.2) is 0 Å². The van der Waals surface area contributed by atoms with Gasteiger partial charge in [-0.1, -0.05) is 57.2 Å². The quantitative estimate of drug-likeness (QED) is 0.373. The molecule has 27 heavy (non-hydrogen) atoms. The van der Waals surface area contributed by atoms with Crippen molar-refractivity contribution < 1.29 is 52.4 Å². The van der Waals surface area contributed by atoms with Crippen LogP contribution in [0.2, 0.25) is 0 Å². The third kappa shape index (κ3) is 8.23. The first-order chi connectivity index (χ1) is 12.4. The molecule has 0 amide bonds. The zero-order valence-corrected chi connectivity index (χ0v) is 18.8. The van der Waals surface area contributed by atoms with Crippen LogP contribution < -0.4 is 39.4 Å². The standard InChI is InChI=1S/C20H26O5S.Na/c1-2-3-4-5-6-7-9-16-12-13-20(26(22,23)24)19(14-16)25-18-11-8-10-17(21)15-18;/h8,10-15,21H,2-7,9H2,1H3,(H,22,23,24);/q;+1/p-1. The van der Waals surface area contributed by atoms with Gasteiger partial charge in [-0.2, -0.15) is 8.42 Å².